The second-order valence-corrected chi connectivity index (χ2v) is 5.64. The molecule has 0 aliphatic rings. The molecule has 128 valence electrons. The predicted molar refractivity (Wildman–Crippen MR) is 97.1 cm³/mol. The molecule has 0 heterocycles. The molecular formula is C18H21ClN2O3. The summed E-state index contributed by atoms with van der Waals surface area (Å²) >= 11 is 6.07. The number of benzene rings is 2. The van der Waals surface area contributed by atoms with Crippen molar-refractivity contribution in [3.8, 4) is 5.75 Å². The highest BCUT2D eigenvalue weighted by Crippen LogP contribution is 2.20. The molecule has 2 aromatic carbocycles. The Hall–Kier alpha value is -2.24. The Labute approximate surface area is 146 Å². The molecule has 0 saturated carbocycles. The molecule has 0 bridgehead atoms. The topological polar surface area (TPSA) is 59.6 Å². The van der Waals surface area contributed by atoms with E-state index < -0.39 is 0 Å². The van der Waals surface area contributed by atoms with Crippen LogP contribution in [0.5, 0.6) is 5.75 Å². The highest BCUT2D eigenvalue weighted by atomic mass is 35.5. The largest absolute Gasteiger partial charge is 0.491 e. The Kier molecular flexibility index (Phi) is 6.90. The van der Waals surface area contributed by atoms with Crippen LogP contribution in [0.4, 0.5) is 11.4 Å². The standard InChI is InChI=1S/C18H21ClN2O3/c1-13-6-7-14(11-17(13)19)20-12-18(22)21-15-4-3-5-16(10-15)24-9-8-23-2/h3-7,10-11,20H,8-9,12H2,1-2H3,(H,21,22). The predicted octanol–water partition coefficient (Wildman–Crippen LogP) is 3.72. The molecule has 1 amide bonds. The molecule has 6 heteroatoms. The summed E-state index contributed by atoms with van der Waals surface area (Å²) in [5, 5.41) is 6.54. The van der Waals surface area contributed by atoms with E-state index in [1.807, 2.05) is 37.3 Å². The number of methoxy groups -OCH3 is 1. The third-order valence-corrected chi connectivity index (χ3v) is 3.71. The first kappa shape index (κ1) is 18.1. The van der Waals surface area contributed by atoms with Gasteiger partial charge in [-0.25, -0.2) is 0 Å². The van der Waals surface area contributed by atoms with Crippen LogP contribution < -0.4 is 15.4 Å². The normalized spacial score (nSPS) is 10.3. The van der Waals surface area contributed by atoms with Crippen LogP contribution in [-0.2, 0) is 9.53 Å². The van der Waals surface area contributed by atoms with Gasteiger partial charge in [0, 0.05) is 29.6 Å². The first-order valence-electron chi connectivity index (χ1n) is 7.60. The van der Waals surface area contributed by atoms with Crippen molar-refractivity contribution in [1.82, 2.24) is 0 Å². The van der Waals surface area contributed by atoms with Crippen molar-refractivity contribution in [2.75, 3.05) is 37.5 Å². The Bertz CT molecular complexity index is 692. The Morgan fingerprint density at radius 3 is 2.71 bits per heavy atom. The average Bonchev–Trinajstić information content (AvgIpc) is 2.57. The van der Waals surface area contributed by atoms with Gasteiger partial charge in [0.15, 0.2) is 0 Å². The summed E-state index contributed by atoms with van der Waals surface area (Å²) in [4.78, 5) is 12.0. The molecule has 0 aliphatic carbocycles. The Morgan fingerprint density at radius 1 is 1.12 bits per heavy atom. The van der Waals surface area contributed by atoms with Crippen LogP contribution in [0.2, 0.25) is 5.02 Å². The number of ether oxygens (including phenoxy) is 2. The number of amides is 1. The van der Waals surface area contributed by atoms with E-state index in [1.54, 1.807) is 19.2 Å². The lowest BCUT2D eigenvalue weighted by molar-refractivity contribution is -0.114. The summed E-state index contributed by atoms with van der Waals surface area (Å²) < 4.78 is 10.5. The molecule has 0 atom stereocenters. The van der Waals surface area contributed by atoms with Crippen molar-refractivity contribution in [3.05, 3.63) is 53.1 Å². The molecule has 0 fully saturated rings. The number of aryl methyl sites for hydroxylation is 1. The maximum atomic E-state index is 12.0. The Morgan fingerprint density at radius 2 is 1.96 bits per heavy atom. The van der Waals surface area contributed by atoms with E-state index in [-0.39, 0.29) is 12.5 Å². The summed E-state index contributed by atoms with van der Waals surface area (Å²) in [7, 11) is 1.62. The minimum atomic E-state index is -0.152. The van der Waals surface area contributed by atoms with Gasteiger partial charge < -0.3 is 20.1 Å². The number of anilines is 2. The number of carbonyl (C=O) groups is 1. The number of halogens is 1. The number of carbonyl (C=O) groups excluding carboxylic acids is 1. The van der Waals surface area contributed by atoms with Crippen LogP contribution in [0.25, 0.3) is 0 Å². The second kappa shape index (κ2) is 9.15. The van der Waals surface area contributed by atoms with Crippen molar-refractivity contribution in [2.45, 2.75) is 6.92 Å². The molecule has 0 unspecified atom stereocenters. The molecule has 24 heavy (non-hydrogen) atoms. The zero-order chi connectivity index (χ0) is 17.4. The van der Waals surface area contributed by atoms with Gasteiger partial charge in [-0.2, -0.15) is 0 Å². The quantitative estimate of drug-likeness (QED) is 0.714. The maximum Gasteiger partial charge on any atom is 0.243 e. The zero-order valence-electron chi connectivity index (χ0n) is 13.8. The van der Waals surface area contributed by atoms with Gasteiger partial charge in [0.05, 0.1) is 13.2 Å². The van der Waals surface area contributed by atoms with Gasteiger partial charge in [-0.15, -0.1) is 0 Å². The molecule has 0 aromatic heterocycles. The fraction of sp³-hybridized carbons (Fsp3) is 0.278. The summed E-state index contributed by atoms with van der Waals surface area (Å²) in [5.74, 6) is 0.531. The summed E-state index contributed by atoms with van der Waals surface area (Å²) in [6, 6.07) is 12.8. The molecule has 2 rings (SSSR count). The molecule has 0 saturated heterocycles. The van der Waals surface area contributed by atoms with Crippen molar-refractivity contribution in [1.29, 1.82) is 0 Å². The lowest BCUT2D eigenvalue weighted by atomic mass is 10.2. The van der Waals surface area contributed by atoms with Crippen LogP contribution in [0.1, 0.15) is 5.56 Å². The zero-order valence-corrected chi connectivity index (χ0v) is 14.5. The van der Waals surface area contributed by atoms with Crippen LogP contribution >= 0.6 is 11.6 Å². The fourth-order valence-electron chi connectivity index (χ4n) is 2.00. The smallest absolute Gasteiger partial charge is 0.243 e. The van der Waals surface area contributed by atoms with E-state index in [4.69, 9.17) is 21.1 Å². The molecule has 2 aromatic rings. The summed E-state index contributed by atoms with van der Waals surface area (Å²) in [5.41, 5.74) is 2.48. The van der Waals surface area contributed by atoms with Crippen molar-refractivity contribution in [2.24, 2.45) is 0 Å². The number of hydrogen-bond donors (Lipinski definition) is 2. The van der Waals surface area contributed by atoms with Gasteiger partial charge in [-0.05, 0) is 36.8 Å². The monoisotopic (exact) mass is 348 g/mol. The van der Waals surface area contributed by atoms with Crippen LogP contribution in [0, 0.1) is 6.92 Å². The third kappa shape index (κ3) is 5.76. The van der Waals surface area contributed by atoms with Crippen LogP contribution in [0.15, 0.2) is 42.5 Å². The lowest BCUT2D eigenvalue weighted by Gasteiger charge is -2.10. The van der Waals surface area contributed by atoms with Crippen molar-refractivity contribution in [3.63, 3.8) is 0 Å². The van der Waals surface area contributed by atoms with Crippen LogP contribution in [0.3, 0.4) is 0 Å². The van der Waals surface area contributed by atoms with E-state index >= 15 is 0 Å². The fourth-order valence-corrected chi connectivity index (χ4v) is 2.18. The van der Waals surface area contributed by atoms with Gasteiger partial charge in [0.2, 0.25) is 5.91 Å². The second-order valence-electron chi connectivity index (χ2n) is 5.23. The van der Waals surface area contributed by atoms with E-state index in [0.717, 1.165) is 11.3 Å². The van der Waals surface area contributed by atoms with E-state index in [1.165, 1.54) is 0 Å². The Balaban J connectivity index is 1.85. The van der Waals surface area contributed by atoms with Gasteiger partial charge in [-0.1, -0.05) is 23.7 Å². The van der Waals surface area contributed by atoms with Gasteiger partial charge in [0.25, 0.3) is 0 Å². The first-order valence-corrected chi connectivity index (χ1v) is 7.98. The lowest BCUT2D eigenvalue weighted by Crippen LogP contribution is -2.21. The molecule has 2 N–H and O–H groups in total. The summed E-state index contributed by atoms with van der Waals surface area (Å²) in [6.07, 6.45) is 0. The van der Waals surface area contributed by atoms with Gasteiger partial charge in [0.1, 0.15) is 12.4 Å². The first-order chi connectivity index (χ1) is 11.6. The van der Waals surface area contributed by atoms with E-state index in [0.29, 0.717) is 29.7 Å². The maximum absolute atomic E-state index is 12.0. The minimum absolute atomic E-state index is 0.147. The average molecular weight is 349 g/mol. The van der Waals surface area contributed by atoms with Crippen LogP contribution in [-0.4, -0.2) is 32.8 Å². The van der Waals surface area contributed by atoms with E-state index in [2.05, 4.69) is 10.6 Å². The van der Waals surface area contributed by atoms with Crippen molar-refractivity contribution >= 4 is 28.9 Å². The third-order valence-electron chi connectivity index (χ3n) is 3.30. The van der Waals surface area contributed by atoms with Crippen molar-refractivity contribution < 1.29 is 14.3 Å². The van der Waals surface area contributed by atoms with Gasteiger partial charge in [-0.3, -0.25) is 4.79 Å². The highest BCUT2D eigenvalue weighted by Gasteiger charge is 2.04. The van der Waals surface area contributed by atoms with E-state index in [9.17, 15) is 4.79 Å². The SMILES string of the molecule is COCCOc1cccc(NC(=O)CNc2ccc(C)c(Cl)c2)c1. The molecule has 0 radical (unpaired) electrons. The number of hydrogen-bond acceptors (Lipinski definition) is 4. The molecule has 5 nitrogen and oxygen atoms in total. The number of nitrogens with one attached hydrogen (secondary N) is 2. The summed E-state index contributed by atoms with van der Waals surface area (Å²) in [6.45, 7) is 3.05. The molecular weight excluding hydrogens is 328 g/mol. The molecule has 0 spiro atoms. The minimum Gasteiger partial charge on any atom is -0.491 e. The highest BCUT2D eigenvalue weighted by molar-refractivity contribution is 6.31. The van der Waals surface area contributed by atoms with Gasteiger partial charge >= 0.3 is 0 Å². The number of rotatable bonds is 8. The molecule has 0 aliphatic heterocycles.